The van der Waals surface area contributed by atoms with Crippen LogP contribution in [0.15, 0.2) is 78.9 Å². The highest BCUT2D eigenvalue weighted by molar-refractivity contribution is 6.04. The van der Waals surface area contributed by atoms with Crippen molar-refractivity contribution < 1.29 is 14.7 Å². The van der Waals surface area contributed by atoms with Crippen LogP contribution < -0.4 is 10.6 Å². The third-order valence-electron chi connectivity index (χ3n) is 5.28. The molecule has 152 valence electrons. The van der Waals surface area contributed by atoms with Crippen LogP contribution >= 0.6 is 0 Å². The summed E-state index contributed by atoms with van der Waals surface area (Å²) < 4.78 is 0. The van der Waals surface area contributed by atoms with E-state index in [0.29, 0.717) is 17.8 Å². The fourth-order valence-electron chi connectivity index (χ4n) is 3.72. The standard InChI is InChI=1S/C24H23N3O3/c28-16-22-21-9-5-4-6-17(21)14-15-27(22)24(30)26-20-12-10-18(11-13-20)23(29)25-19-7-2-1-3-8-19/h1-13,22,28H,14-16H2,(H,25,29)(H,26,30)/t22-/m0/s1. The molecule has 30 heavy (non-hydrogen) atoms. The lowest BCUT2D eigenvalue weighted by atomic mass is 9.93. The minimum absolute atomic E-state index is 0.136. The van der Waals surface area contributed by atoms with E-state index in [0.717, 1.165) is 23.2 Å². The highest BCUT2D eigenvalue weighted by Gasteiger charge is 2.30. The second kappa shape index (κ2) is 8.80. The molecule has 0 radical (unpaired) electrons. The van der Waals surface area contributed by atoms with Gasteiger partial charge in [-0.15, -0.1) is 0 Å². The molecule has 0 aliphatic carbocycles. The van der Waals surface area contributed by atoms with E-state index < -0.39 is 0 Å². The number of para-hydroxylation sites is 1. The molecule has 0 unspecified atom stereocenters. The third-order valence-corrected chi connectivity index (χ3v) is 5.28. The van der Waals surface area contributed by atoms with Crippen LogP contribution in [-0.2, 0) is 6.42 Å². The lowest BCUT2D eigenvalue weighted by Crippen LogP contribution is -2.43. The van der Waals surface area contributed by atoms with Crippen molar-refractivity contribution in [2.24, 2.45) is 0 Å². The zero-order valence-corrected chi connectivity index (χ0v) is 16.4. The molecular weight excluding hydrogens is 378 g/mol. The molecule has 0 aromatic heterocycles. The first-order valence-corrected chi connectivity index (χ1v) is 9.88. The first kappa shape index (κ1) is 19.7. The maximum atomic E-state index is 12.8. The molecule has 1 heterocycles. The van der Waals surface area contributed by atoms with E-state index in [1.807, 2.05) is 54.6 Å². The maximum absolute atomic E-state index is 12.8. The molecule has 0 fully saturated rings. The van der Waals surface area contributed by atoms with E-state index >= 15 is 0 Å². The number of benzene rings is 3. The molecule has 0 bridgehead atoms. The summed E-state index contributed by atoms with van der Waals surface area (Å²) in [6.07, 6.45) is 0.749. The minimum atomic E-state index is -0.370. The van der Waals surface area contributed by atoms with Crippen molar-refractivity contribution in [1.29, 1.82) is 0 Å². The van der Waals surface area contributed by atoms with Gasteiger partial charge in [0.1, 0.15) is 0 Å². The first-order chi connectivity index (χ1) is 14.7. The fourth-order valence-corrected chi connectivity index (χ4v) is 3.72. The second-order valence-electron chi connectivity index (χ2n) is 7.17. The third kappa shape index (κ3) is 4.18. The molecule has 0 saturated heterocycles. The van der Waals surface area contributed by atoms with Gasteiger partial charge in [-0.25, -0.2) is 4.79 Å². The van der Waals surface area contributed by atoms with Gasteiger partial charge in [0.05, 0.1) is 12.6 Å². The van der Waals surface area contributed by atoms with Crippen LogP contribution in [0.25, 0.3) is 0 Å². The second-order valence-corrected chi connectivity index (χ2v) is 7.17. The van der Waals surface area contributed by atoms with Crippen LogP contribution in [0.2, 0.25) is 0 Å². The van der Waals surface area contributed by atoms with Crippen molar-refractivity contribution in [1.82, 2.24) is 4.90 Å². The molecule has 6 nitrogen and oxygen atoms in total. The average Bonchev–Trinajstić information content (AvgIpc) is 2.79. The molecule has 3 amide bonds. The van der Waals surface area contributed by atoms with Crippen LogP contribution in [0.3, 0.4) is 0 Å². The fraction of sp³-hybridized carbons (Fsp3) is 0.167. The highest BCUT2D eigenvalue weighted by Crippen LogP contribution is 2.29. The van der Waals surface area contributed by atoms with Crippen LogP contribution in [0.1, 0.15) is 27.5 Å². The molecule has 4 rings (SSSR count). The summed E-state index contributed by atoms with van der Waals surface area (Å²) in [5.41, 5.74) is 3.95. The van der Waals surface area contributed by atoms with Gasteiger partial charge in [-0.3, -0.25) is 4.79 Å². The van der Waals surface area contributed by atoms with Gasteiger partial charge in [0, 0.05) is 23.5 Å². The summed E-state index contributed by atoms with van der Waals surface area (Å²) in [6.45, 7) is 0.397. The van der Waals surface area contributed by atoms with Crippen molar-refractivity contribution in [3.63, 3.8) is 0 Å². The Balaban J connectivity index is 1.42. The van der Waals surface area contributed by atoms with Crippen LogP contribution in [0.5, 0.6) is 0 Å². The molecule has 6 heteroatoms. The van der Waals surface area contributed by atoms with Crippen molar-refractivity contribution in [3.8, 4) is 0 Å². The smallest absolute Gasteiger partial charge is 0.322 e. The van der Waals surface area contributed by atoms with Crippen LogP contribution in [0, 0.1) is 0 Å². The Morgan fingerprint density at radius 1 is 0.867 bits per heavy atom. The Morgan fingerprint density at radius 3 is 2.27 bits per heavy atom. The Hall–Kier alpha value is -3.64. The summed E-state index contributed by atoms with van der Waals surface area (Å²) >= 11 is 0. The van der Waals surface area contributed by atoms with Gasteiger partial charge in [0.25, 0.3) is 5.91 Å². The number of aliphatic hydroxyl groups excluding tert-OH is 1. The van der Waals surface area contributed by atoms with Crippen molar-refractivity contribution in [2.45, 2.75) is 12.5 Å². The predicted molar refractivity (Wildman–Crippen MR) is 117 cm³/mol. The number of carbonyl (C=O) groups is 2. The molecule has 0 saturated carbocycles. The van der Waals surface area contributed by atoms with E-state index in [2.05, 4.69) is 10.6 Å². The number of nitrogens with zero attached hydrogens (tertiary/aromatic N) is 1. The van der Waals surface area contributed by atoms with Crippen molar-refractivity contribution in [3.05, 3.63) is 95.6 Å². The van der Waals surface area contributed by atoms with Gasteiger partial charge in [0.15, 0.2) is 0 Å². The summed E-state index contributed by atoms with van der Waals surface area (Å²) in [7, 11) is 0. The number of nitrogens with one attached hydrogen (secondary N) is 2. The van der Waals surface area contributed by atoms with E-state index in [9.17, 15) is 14.7 Å². The Bertz CT molecular complexity index is 1040. The molecule has 3 N–H and O–H groups in total. The highest BCUT2D eigenvalue weighted by atomic mass is 16.3. The lowest BCUT2D eigenvalue weighted by Gasteiger charge is -2.36. The average molecular weight is 401 g/mol. The number of hydrogen-bond donors (Lipinski definition) is 3. The quantitative estimate of drug-likeness (QED) is 0.617. The Morgan fingerprint density at radius 2 is 1.53 bits per heavy atom. The molecule has 3 aromatic carbocycles. The van der Waals surface area contributed by atoms with Crippen molar-refractivity contribution in [2.75, 3.05) is 23.8 Å². The lowest BCUT2D eigenvalue weighted by molar-refractivity contribution is 0.102. The largest absolute Gasteiger partial charge is 0.394 e. The normalized spacial score (nSPS) is 15.2. The zero-order chi connectivity index (χ0) is 20.9. The number of anilines is 2. The number of aliphatic hydroxyl groups is 1. The predicted octanol–water partition coefficient (Wildman–Crippen LogP) is 4.06. The van der Waals surface area contributed by atoms with E-state index in [1.54, 1.807) is 29.2 Å². The van der Waals surface area contributed by atoms with Crippen LogP contribution in [0.4, 0.5) is 16.2 Å². The summed E-state index contributed by atoms with van der Waals surface area (Å²) in [6, 6.07) is 23.2. The molecule has 1 aliphatic heterocycles. The van der Waals surface area contributed by atoms with Gasteiger partial charge < -0.3 is 20.6 Å². The number of carbonyl (C=O) groups excluding carboxylic acids is 2. The van der Waals surface area contributed by atoms with E-state index in [1.165, 1.54) is 0 Å². The van der Waals surface area contributed by atoms with E-state index in [-0.39, 0.29) is 24.6 Å². The molecule has 1 atom stereocenters. The Kier molecular flexibility index (Phi) is 5.77. The van der Waals surface area contributed by atoms with Gasteiger partial charge in [0.2, 0.25) is 0 Å². The molecule has 0 spiro atoms. The SMILES string of the molecule is O=C(Nc1ccccc1)c1ccc(NC(=O)N2CCc3ccccc3[C@@H]2CO)cc1. The summed E-state index contributed by atoms with van der Waals surface area (Å²) in [4.78, 5) is 26.8. The van der Waals surface area contributed by atoms with Gasteiger partial charge in [-0.1, -0.05) is 42.5 Å². The molecular formula is C24H23N3O3. The number of hydrogen-bond acceptors (Lipinski definition) is 3. The van der Waals surface area contributed by atoms with Crippen LogP contribution in [-0.4, -0.2) is 35.1 Å². The monoisotopic (exact) mass is 401 g/mol. The topological polar surface area (TPSA) is 81.7 Å². The zero-order valence-electron chi connectivity index (χ0n) is 16.4. The first-order valence-electron chi connectivity index (χ1n) is 9.88. The number of fused-ring (bicyclic) bond motifs is 1. The van der Waals surface area contributed by atoms with Crippen molar-refractivity contribution >= 4 is 23.3 Å². The Labute approximate surface area is 175 Å². The maximum Gasteiger partial charge on any atom is 0.322 e. The molecule has 1 aliphatic rings. The number of urea groups is 1. The molecule has 3 aromatic rings. The van der Waals surface area contributed by atoms with Gasteiger partial charge in [-0.2, -0.15) is 0 Å². The summed E-state index contributed by atoms with van der Waals surface area (Å²) in [5, 5.41) is 15.6. The number of amides is 3. The van der Waals surface area contributed by atoms with E-state index in [4.69, 9.17) is 0 Å². The summed E-state index contributed by atoms with van der Waals surface area (Å²) in [5.74, 6) is -0.216. The van der Waals surface area contributed by atoms with Gasteiger partial charge >= 0.3 is 6.03 Å². The number of rotatable bonds is 4. The minimum Gasteiger partial charge on any atom is -0.394 e. The van der Waals surface area contributed by atoms with Gasteiger partial charge in [-0.05, 0) is 53.9 Å².